The van der Waals surface area contributed by atoms with Gasteiger partial charge in [-0.25, -0.2) is 0 Å². The van der Waals surface area contributed by atoms with Gasteiger partial charge in [0.05, 0.1) is 26.7 Å². The van der Waals surface area contributed by atoms with Crippen LogP contribution in [-0.2, 0) is 6.42 Å². The van der Waals surface area contributed by atoms with Gasteiger partial charge in [0.2, 0.25) is 0 Å². The van der Waals surface area contributed by atoms with Gasteiger partial charge < -0.3 is 15.2 Å². The van der Waals surface area contributed by atoms with Crippen LogP contribution in [-0.4, -0.2) is 14.2 Å². The van der Waals surface area contributed by atoms with Crippen molar-refractivity contribution in [3.63, 3.8) is 0 Å². The van der Waals surface area contributed by atoms with Gasteiger partial charge in [0.15, 0.2) is 11.5 Å². The summed E-state index contributed by atoms with van der Waals surface area (Å²) >= 11 is 0. The van der Waals surface area contributed by atoms with Crippen molar-refractivity contribution in [2.24, 2.45) is 0 Å². The van der Waals surface area contributed by atoms with E-state index in [0.29, 0.717) is 17.2 Å². The van der Waals surface area contributed by atoms with E-state index >= 15 is 0 Å². The molecule has 0 aliphatic rings. The normalized spacial score (nSPS) is 9.21. The van der Waals surface area contributed by atoms with Crippen LogP contribution in [0, 0.1) is 11.3 Å². The smallest absolute Gasteiger partial charge is 0.162 e. The lowest BCUT2D eigenvalue weighted by Crippen LogP contribution is -1.97. The third-order valence-electron chi connectivity index (χ3n) is 1.91. The summed E-state index contributed by atoms with van der Waals surface area (Å²) in [4.78, 5) is 0. The molecule has 0 aliphatic heterocycles. The Morgan fingerprint density at radius 3 is 2.36 bits per heavy atom. The van der Waals surface area contributed by atoms with Crippen molar-refractivity contribution in [2.45, 2.75) is 6.42 Å². The van der Waals surface area contributed by atoms with Crippen LogP contribution in [0.15, 0.2) is 12.1 Å². The number of hydrogen-bond donors (Lipinski definition) is 1. The minimum absolute atomic E-state index is 0.270. The number of nitrogens with zero attached hydrogens (tertiary/aromatic N) is 1. The van der Waals surface area contributed by atoms with E-state index in [9.17, 15) is 0 Å². The van der Waals surface area contributed by atoms with E-state index in [4.69, 9.17) is 20.5 Å². The number of nitriles is 1. The maximum Gasteiger partial charge on any atom is 0.162 e. The SMILES string of the molecule is COc1cc(N)c(CC#N)cc1OC. The van der Waals surface area contributed by atoms with Crippen LogP contribution in [0.1, 0.15) is 5.56 Å². The van der Waals surface area contributed by atoms with E-state index in [1.165, 1.54) is 0 Å². The molecule has 0 heterocycles. The van der Waals surface area contributed by atoms with E-state index < -0.39 is 0 Å². The third-order valence-corrected chi connectivity index (χ3v) is 1.91. The predicted octanol–water partition coefficient (Wildman–Crippen LogP) is 1.35. The van der Waals surface area contributed by atoms with Gasteiger partial charge in [0.25, 0.3) is 0 Å². The minimum Gasteiger partial charge on any atom is -0.493 e. The van der Waals surface area contributed by atoms with Crippen molar-refractivity contribution in [2.75, 3.05) is 20.0 Å². The molecule has 0 radical (unpaired) electrons. The van der Waals surface area contributed by atoms with E-state index in [1.807, 2.05) is 6.07 Å². The molecule has 2 N–H and O–H groups in total. The molecule has 14 heavy (non-hydrogen) atoms. The number of benzene rings is 1. The Morgan fingerprint density at radius 2 is 1.86 bits per heavy atom. The Bertz CT molecular complexity index is 369. The first-order valence-corrected chi connectivity index (χ1v) is 4.10. The van der Waals surface area contributed by atoms with Crippen molar-refractivity contribution >= 4 is 5.69 Å². The molecule has 0 saturated carbocycles. The zero-order valence-corrected chi connectivity index (χ0v) is 8.20. The van der Waals surface area contributed by atoms with Gasteiger partial charge in [-0.1, -0.05) is 0 Å². The van der Waals surface area contributed by atoms with E-state index in [-0.39, 0.29) is 6.42 Å². The Labute approximate surface area is 82.9 Å². The Hall–Kier alpha value is -1.89. The Morgan fingerprint density at radius 1 is 1.29 bits per heavy atom. The van der Waals surface area contributed by atoms with E-state index in [2.05, 4.69) is 0 Å². The molecule has 1 rings (SSSR count). The molecule has 4 nitrogen and oxygen atoms in total. The summed E-state index contributed by atoms with van der Waals surface area (Å²) in [5.74, 6) is 1.17. The lowest BCUT2D eigenvalue weighted by molar-refractivity contribution is 0.355. The molecule has 0 atom stereocenters. The van der Waals surface area contributed by atoms with Crippen LogP contribution in [0.4, 0.5) is 5.69 Å². The highest BCUT2D eigenvalue weighted by Gasteiger charge is 2.08. The number of anilines is 1. The summed E-state index contributed by atoms with van der Waals surface area (Å²) in [5.41, 5.74) is 7.02. The van der Waals surface area contributed by atoms with Crippen molar-refractivity contribution in [3.8, 4) is 17.6 Å². The Balaban J connectivity index is 3.17. The summed E-state index contributed by atoms with van der Waals surface area (Å²) in [6.45, 7) is 0. The lowest BCUT2D eigenvalue weighted by Gasteiger charge is -2.10. The number of hydrogen-bond acceptors (Lipinski definition) is 4. The first kappa shape index (κ1) is 10.2. The summed E-state index contributed by atoms with van der Waals surface area (Å²) in [5, 5.41) is 8.56. The maximum absolute atomic E-state index is 8.56. The van der Waals surface area contributed by atoms with Crippen LogP contribution in [0.3, 0.4) is 0 Å². The summed E-state index contributed by atoms with van der Waals surface area (Å²) < 4.78 is 10.2. The van der Waals surface area contributed by atoms with E-state index in [0.717, 1.165) is 5.56 Å². The van der Waals surface area contributed by atoms with Crippen LogP contribution < -0.4 is 15.2 Å². The molecule has 74 valence electrons. The molecular weight excluding hydrogens is 180 g/mol. The second kappa shape index (κ2) is 4.38. The molecule has 0 aromatic heterocycles. The molecule has 4 heteroatoms. The number of nitrogens with two attached hydrogens (primary N) is 1. The number of rotatable bonds is 3. The fourth-order valence-corrected chi connectivity index (χ4v) is 1.18. The second-order valence-corrected chi connectivity index (χ2v) is 2.74. The highest BCUT2D eigenvalue weighted by Crippen LogP contribution is 2.31. The molecule has 0 fully saturated rings. The molecule has 1 aromatic rings. The van der Waals surface area contributed by atoms with Crippen LogP contribution in [0.5, 0.6) is 11.5 Å². The van der Waals surface area contributed by atoms with Gasteiger partial charge >= 0.3 is 0 Å². The van der Waals surface area contributed by atoms with Crippen molar-refractivity contribution in [3.05, 3.63) is 17.7 Å². The predicted molar refractivity (Wildman–Crippen MR) is 53.3 cm³/mol. The highest BCUT2D eigenvalue weighted by molar-refractivity contribution is 5.58. The fraction of sp³-hybridized carbons (Fsp3) is 0.300. The van der Waals surface area contributed by atoms with Crippen molar-refractivity contribution < 1.29 is 9.47 Å². The van der Waals surface area contributed by atoms with E-state index in [1.54, 1.807) is 26.4 Å². The monoisotopic (exact) mass is 192 g/mol. The van der Waals surface area contributed by atoms with Crippen LogP contribution in [0.2, 0.25) is 0 Å². The van der Waals surface area contributed by atoms with Gasteiger partial charge in [0, 0.05) is 11.8 Å². The second-order valence-electron chi connectivity index (χ2n) is 2.74. The molecule has 0 aliphatic carbocycles. The Kier molecular flexibility index (Phi) is 3.19. The molecule has 1 aromatic carbocycles. The topological polar surface area (TPSA) is 68.3 Å². The molecule has 0 spiro atoms. The average molecular weight is 192 g/mol. The summed E-state index contributed by atoms with van der Waals surface area (Å²) in [6, 6.07) is 5.42. The van der Waals surface area contributed by atoms with Gasteiger partial charge in [-0.05, 0) is 11.6 Å². The number of nitrogen functional groups attached to an aromatic ring is 1. The quantitative estimate of drug-likeness (QED) is 0.734. The average Bonchev–Trinajstić information content (AvgIpc) is 2.20. The first-order valence-electron chi connectivity index (χ1n) is 4.10. The zero-order valence-electron chi connectivity index (χ0n) is 8.20. The van der Waals surface area contributed by atoms with Gasteiger partial charge in [0.1, 0.15) is 0 Å². The number of methoxy groups -OCH3 is 2. The summed E-state index contributed by atoms with van der Waals surface area (Å²) in [6.07, 6.45) is 0.270. The van der Waals surface area contributed by atoms with Crippen molar-refractivity contribution in [1.29, 1.82) is 5.26 Å². The van der Waals surface area contributed by atoms with Gasteiger partial charge in [-0.15, -0.1) is 0 Å². The minimum atomic E-state index is 0.270. The molecule has 0 unspecified atom stereocenters. The van der Waals surface area contributed by atoms with Gasteiger partial charge in [-0.3, -0.25) is 0 Å². The summed E-state index contributed by atoms with van der Waals surface area (Å²) in [7, 11) is 3.09. The lowest BCUT2D eigenvalue weighted by atomic mass is 10.1. The van der Waals surface area contributed by atoms with Crippen LogP contribution in [0.25, 0.3) is 0 Å². The van der Waals surface area contributed by atoms with Crippen LogP contribution >= 0.6 is 0 Å². The molecule has 0 amide bonds. The fourth-order valence-electron chi connectivity index (χ4n) is 1.18. The zero-order chi connectivity index (χ0) is 10.6. The largest absolute Gasteiger partial charge is 0.493 e. The highest BCUT2D eigenvalue weighted by atomic mass is 16.5. The molecule has 0 bridgehead atoms. The van der Waals surface area contributed by atoms with Crippen molar-refractivity contribution in [1.82, 2.24) is 0 Å². The molecule has 0 saturated heterocycles. The first-order chi connectivity index (χ1) is 6.72. The standard InChI is InChI=1S/C10H12N2O2/c1-13-9-5-7(3-4-11)8(12)6-10(9)14-2/h5-6H,3,12H2,1-2H3. The third kappa shape index (κ3) is 1.88. The maximum atomic E-state index is 8.56. The molecular formula is C10H12N2O2. The van der Waals surface area contributed by atoms with Gasteiger partial charge in [-0.2, -0.15) is 5.26 Å². The number of ether oxygens (including phenoxy) is 2.